The summed E-state index contributed by atoms with van der Waals surface area (Å²) in [6, 6.07) is 12.0. The minimum Gasteiger partial charge on any atom is -0.304 e. The Morgan fingerprint density at radius 2 is 2.00 bits per heavy atom. The van der Waals surface area contributed by atoms with Gasteiger partial charge < -0.3 is 5.32 Å². The van der Waals surface area contributed by atoms with Gasteiger partial charge >= 0.3 is 0 Å². The van der Waals surface area contributed by atoms with Crippen LogP contribution < -0.4 is 5.32 Å². The Kier molecular flexibility index (Phi) is 4.86. The van der Waals surface area contributed by atoms with Crippen molar-refractivity contribution < 1.29 is 9.18 Å². The third-order valence-electron chi connectivity index (χ3n) is 3.87. The van der Waals surface area contributed by atoms with Crippen LogP contribution in [0, 0.1) is 19.7 Å². The quantitative estimate of drug-likeness (QED) is 0.742. The maximum absolute atomic E-state index is 13.7. The summed E-state index contributed by atoms with van der Waals surface area (Å²) in [6.45, 7) is 4.07. The molecule has 0 aliphatic heterocycles. The van der Waals surface area contributed by atoms with Crippen molar-refractivity contribution in [3.8, 4) is 0 Å². The number of halogens is 2. The van der Waals surface area contributed by atoms with Crippen molar-refractivity contribution in [2.75, 3.05) is 5.32 Å². The van der Waals surface area contributed by atoms with E-state index in [2.05, 4.69) is 10.4 Å². The summed E-state index contributed by atoms with van der Waals surface area (Å²) in [5.74, 6) is -0.339. The summed E-state index contributed by atoms with van der Waals surface area (Å²) < 4.78 is 15.2. The highest BCUT2D eigenvalue weighted by Gasteiger charge is 2.14. The number of amides is 1. The normalized spacial score (nSPS) is 10.7. The molecule has 0 aliphatic rings. The SMILES string of the molecule is Cc1ccc(C(=O)Nc2nn(Cc3ccccc3F)cc2Cl)c(C)c1. The molecule has 0 aliphatic carbocycles. The second-order valence-electron chi connectivity index (χ2n) is 5.89. The number of carbonyl (C=O) groups excluding carboxylic acids is 1. The Morgan fingerprint density at radius 1 is 1.24 bits per heavy atom. The zero-order chi connectivity index (χ0) is 18.0. The highest BCUT2D eigenvalue weighted by Crippen LogP contribution is 2.22. The number of rotatable bonds is 4. The first-order valence-electron chi connectivity index (χ1n) is 7.79. The number of aromatic nitrogens is 2. The summed E-state index contributed by atoms with van der Waals surface area (Å²) in [7, 11) is 0. The van der Waals surface area contributed by atoms with E-state index in [0.29, 0.717) is 16.1 Å². The Morgan fingerprint density at radius 3 is 2.72 bits per heavy atom. The van der Waals surface area contributed by atoms with Gasteiger partial charge in [0.25, 0.3) is 5.91 Å². The van der Waals surface area contributed by atoms with Crippen LogP contribution in [0.3, 0.4) is 0 Å². The lowest BCUT2D eigenvalue weighted by Gasteiger charge is -2.07. The van der Waals surface area contributed by atoms with Crippen molar-refractivity contribution in [2.24, 2.45) is 0 Å². The molecule has 3 rings (SSSR count). The number of benzene rings is 2. The fourth-order valence-corrected chi connectivity index (χ4v) is 2.80. The number of hydrogen-bond donors (Lipinski definition) is 1. The van der Waals surface area contributed by atoms with Gasteiger partial charge in [-0.1, -0.05) is 47.5 Å². The van der Waals surface area contributed by atoms with Crippen LogP contribution in [0.5, 0.6) is 0 Å². The lowest BCUT2D eigenvalue weighted by Crippen LogP contribution is -2.14. The molecule has 0 saturated carbocycles. The molecule has 128 valence electrons. The standard InChI is InChI=1S/C19H17ClFN3O/c1-12-7-8-15(13(2)9-12)19(25)22-18-16(20)11-24(23-18)10-14-5-3-4-6-17(14)21/h3-9,11H,10H2,1-2H3,(H,22,23,25). The van der Waals surface area contributed by atoms with Crippen LogP contribution in [0.1, 0.15) is 27.0 Å². The Hall–Kier alpha value is -2.66. The van der Waals surface area contributed by atoms with E-state index in [-0.39, 0.29) is 24.1 Å². The third kappa shape index (κ3) is 3.88. The van der Waals surface area contributed by atoms with Gasteiger partial charge in [-0.05, 0) is 31.5 Å². The van der Waals surface area contributed by atoms with Gasteiger partial charge in [-0.15, -0.1) is 0 Å². The molecule has 0 atom stereocenters. The largest absolute Gasteiger partial charge is 0.304 e. The van der Waals surface area contributed by atoms with Crippen molar-refractivity contribution >= 4 is 23.3 Å². The topological polar surface area (TPSA) is 46.9 Å². The van der Waals surface area contributed by atoms with Crippen LogP contribution in [0.25, 0.3) is 0 Å². The number of anilines is 1. The van der Waals surface area contributed by atoms with Crippen LogP contribution in [0.2, 0.25) is 5.02 Å². The first kappa shape index (κ1) is 17.2. The van der Waals surface area contributed by atoms with Gasteiger partial charge in [0.1, 0.15) is 10.8 Å². The third-order valence-corrected chi connectivity index (χ3v) is 4.14. The molecule has 2 aromatic carbocycles. The fraction of sp³-hybridized carbons (Fsp3) is 0.158. The number of nitrogens with zero attached hydrogens (tertiary/aromatic N) is 2. The Balaban J connectivity index is 1.78. The molecule has 0 saturated heterocycles. The molecule has 1 amide bonds. The highest BCUT2D eigenvalue weighted by atomic mass is 35.5. The van der Waals surface area contributed by atoms with Crippen molar-refractivity contribution in [1.29, 1.82) is 0 Å². The Labute approximate surface area is 150 Å². The first-order valence-corrected chi connectivity index (χ1v) is 8.17. The molecule has 0 spiro atoms. The summed E-state index contributed by atoms with van der Waals surface area (Å²) >= 11 is 6.16. The molecule has 0 fully saturated rings. The minimum absolute atomic E-state index is 0.228. The van der Waals surface area contributed by atoms with Crippen molar-refractivity contribution in [1.82, 2.24) is 9.78 Å². The molecule has 1 heterocycles. The number of aryl methyl sites for hydroxylation is 2. The van der Waals surface area contributed by atoms with Gasteiger partial charge in [0, 0.05) is 17.3 Å². The molecular formula is C19H17ClFN3O. The first-order chi connectivity index (χ1) is 11.9. The van der Waals surface area contributed by atoms with E-state index in [1.165, 1.54) is 10.7 Å². The van der Waals surface area contributed by atoms with Gasteiger partial charge in [0.2, 0.25) is 0 Å². The summed E-state index contributed by atoms with van der Waals surface area (Å²) in [4.78, 5) is 12.4. The number of hydrogen-bond acceptors (Lipinski definition) is 2. The highest BCUT2D eigenvalue weighted by molar-refractivity contribution is 6.33. The molecule has 25 heavy (non-hydrogen) atoms. The van der Waals surface area contributed by atoms with Crippen molar-refractivity contribution in [3.63, 3.8) is 0 Å². The molecule has 0 bridgehead atoms. The monoisotopic (exact) mass is 357 g/mol. The smallest absolute Gasteiger partial charge is 0.257 e. The van der Waals surface area contributed by atoms with E-state index in [9.17, 15) is 9.18 Å². The van der Waals surface area contributed by atoms with Crippen LogP contribution in [0.4, 0.5) is 10.2 Å². The average Bonchev–Trinajstić information content (AvgIpc) is 2.89. The predicted molar refractivity (Wildman–Crippen MR) is 96.6 cm³/mol. The molecule has 3 aromatic rings. The molecule has 1 N–H and O–H groups in total. The van der Waals surface area contributed by atoms with Gasteiger partial charge in [-0.3, -0.25) is 9.48 Å². The van der Waals surface area contributed by atoms with Gasteiger partial charge in [-0.25, -0.2) is 4.39 Å². The van der Waals surface area contributed by atoms with Crippen LogP contribution >= 0.6 is 11.6 Å². The maximum Gasteiger partial charge on any atom is 0.257 e. The lowest BCUT2D eigenvalue weighted by molar-refractivity contribution is 0.102. The average molecular weight is 358 g/mol. The van der Waals surface area contributed by atoms with Gasteiger partial charge in [0.15, 0.2) is 5.82 Å². The van der Waals surface area contributed by atoms with E-state index in [1.807, 2.05) is 26.0 Å². The second kappa shape index (κ2) is 7.07. The van der Waals surface area contributed by atoms with Gasteiger partial charge in [-0.2, -0.15) is 5.10 Å². The molecule has 1 aromatic heterocycles. The molecule has 4 nitrogen and oxygen atoms in total. The number of carbonyl (C=O) groups is 1. The van der Waals surface area contributed by atoms with E-state index < -0.39 is 0 Å². The van der Waals surface area contributed by atoms with Gasteiger partial charge in [0.05, 0.1) is 6.54 Å². The van der Waals surface area contributed by atoms with E-state index in [1.54, 1.807) is 30.5 Å². The van der Waals surface area contributed by atoms with Crippen LogP contribution in [-0.4, -0.2) is 15.7 Å². The molecule has 0 unspecified atom stereocenters. The zero-order valence-corrected chi connectivity index (χ0v) is 14.6. The van der Waals surface area contributed by atoms with Crippen LogP contribution in [-0.2, 0) is 6.54 Å². The lowest BCUT2D eigenvalue weighted by atomic mass is 10.1. The number of nitrogens with one attached hydrogen (secondary N) is 1. The summed E-state index contributed by atoms with van der Waals surface area (Å²) in [6.07, 6.45) is 1.56. The van der Waals surface area contributed by atoms with Crippen LogP contribution in [0.15, 0.2) is 48.7 Å². The molecular weight excluding hydrogens is 341 g/mol. The maximum atomic E-state index is 13.7. The minimum atomic E-state index is -0.310. The Bertz CT molecular complexity index is 936. The van der Waals surface area contributed by atoms with E-state index >= 15 is 0 Å². The summed E-state index contributed by atoms with van der Waals surface area (Å²) in [5.41, 5.74) is 3.01. The zero-order valence-electron chi connectivity index (χ0n) is 13.9. The van der Waals surface area contributed by atoms with Crippen molar-refractivity contribution in [3.05, 3.63) is 81.8 Å². The molecule has 0 radical (unpaired) electrons. The predicted octanol–water partition coefficient (Wildman–Crippen LogP) is 4.59. The molecule has 6 heteroatoms. The van der Waals surface area contributed by atoms with E-state index in [0.717, 1.165) is 11.1 Å². The fourth-order valence-electron chi connectivity index (χ4n) is 2.61. The second-order valence-corrected chi connectivity index (χ2v) is 6.29. The summed E-state index contributed by atoms with van der Waals surface area (Å²) in [5, 5.41) is 7.26. The van der Waals surface area contributed by atoms with E-state index in [4.69, 9.17) is 11.6 Å². The van der Waals surface area contributed by atoms with Crippen molar-refractivity contribution in [2.45, 2.75) is 20.4 Å².